The Morgan fingerprint density at radius 1 is 1.56 bits per heavy atom. The van der Waals surface area contributed by atoms with Gasteiger partial charge in [0.15, 0.2) is 5.65 Å². The fourth-order valence-corrected chi connectivity index (χ4v) is 2.21. The van der Waals surface area contributed by atoms with Crippen LogP contribution in [0, 0.1) is 0 Å². The molecule has 0 bridgehead atoms. The van der Waals surface area contributed by atoms with Crippen molar-refractivity contribution in [2.24, 2.45) is 0 Å². The fraction of sp³-hybridized carbons (Fsp3) is 0.417. The lowest BCUT2D eigenvalue weighted by Gasteiger charge is -2.17. The van der Waals surface area contributed by atoms with Crippen molar-refractivity contribution in [1.29, 1.82) is 0 Å². The van der Waals surface area contributed by atoms with E-state index < -0.39 is 0 Å². The molecule has 1 N–H and O–H groups in total. The van der Waals surface area contributed by atoms with E-state index in [0.717, 1.165) is 30.8 Å². The van der Waals surface area contributed by atoms with Gasteiger partial charge in [-0.25, -0.2) is 14.3 Å². The average Bonchev–Trinajstić information content (AvgIpc) is 2.83. The van der Waals surface area contributed by atoms with Crippen LogP contribution in [0.3, 0.4) is 0 Å². The van der Waals surface area contributed by atoms with E-state index in [1.165, 1.54) is 6.20 Å². The summed E-state index contributed by atoms with van der Waals surface area (Å²) in [6.45, 7) is 3.85. The zero-order valence-corrected chi connectivity index (χ0v) is 10.1. The van der Waals surface area contributed by atoms with E-state index in [4.69, 9.17) is 4.74 Å². The highest BCUT2D eigenvalue weighted by Gasteiger charge is 2.19. The lowest BCUT2D eigenvalue weighted by molar-refractivity contribution is 0.0528. The number of hydrogen-bond donors (Lipinski definition) is 1. The van der Waals surface area contributed by atoms with E-state index in [2.05, 4.69) is 15.4 Å². The quantitative estimate of drug-likeness (QED) is 0.784. The Hall–Kier alpha value is -1.95. The molecule has 6 heteroatoms. The Labute approximate surface area is 104 Å². The molecule has 0 saturated carbocycles. The van der Waals surface area contributed by atoms with E-state index in [0.29, 0.717) is 17.8 Å². The molecule has 0 saturated heterocycles. The number of nitrogens with one attached hydrogen (secondary N) is 1. The van der Waals surface area contributed by atoms with Crippen LogP contribution in [0.5, 0.6) is 0 Å². The van der Waals surface area contributed by atoms with Gasteiger partial charge in [-0.05, 0) is 6.92 Å². The van der Waals surface area contributed by atoms with Crippen LogP contribution >= 0.6 is 0 Å². The molecule has 3 heterocycles. The van der Waals surface area contributed by atoms with E-state index in [1.807, 2.05) is 0 Å². The molecule has 0 aromatic carbocycles. The molecule has 0 radical (unpaired) electrons. The molecule has 0 fully saturated rings. The van der Waals surface area contributed by atoms with Gasteiger partial charge in [-0.1, -0.05) is 0 Å². The summed E-state index contributed by atoms with van der Waals surface area (Å²) in [7, 11) is 0. The number of carbonyl (C=O) groups excluding carboxylic acids is 1. The molecule has 2 aromatic heterocycles. The number of fused-ring (bicyclic) bond motifs is 3. The molecule has 18 heavy (non-hydrogen) atoms. The summed E-state index contributed by atoms with van der Waals surface area (Å²) in [6, 6.07) is 0. The predicted octanol–water partition coefficient (Wildman–Crippen LogP) is 0.552. The topological polar surface area (TPSA) is 68.5 Å². The van der Waals surface area contributed by atoms with Gasteiger partial charge in [0.1, 0.15) is 5.56 Å². The zero-order valence-electron chi connectivity index (χ0n) is 10.1. The summed E-state index contributed by atoms with van der Waals surface area (Å²) in [5.41, 5.74) is 3.26. The third-order valence-corrected chi connectivity index (χ3v) is 3.06. The van der Waals surface area contributed by atoms with Crippen LogP contribution < -0.4 is 5.32 Å². The summed E-state index contributed by atoms with van der Waals surface area (Å²) in [5.74, 6) is -0.367. The molecule has 2 aromatic rings. The minimum atomic E-state index is -0.367. The van der Waals surface area contributed by atoms with Gasteiger partial charge in [0, 0.05) is 31.3 Å². The van der Waals surface area contributed by atoms with Crippen LogP contribution in [0.2, 0.25) is 0 Å². The smallest absolute Gasteiger partial charge is 0.343 e. The van der Waals surface area contributed by atoms with Crippen molar-refractivity contribution in [2.45, 2.75) is 19.9 Å². The Bertz CT molecular complexity index is 605. The van der Waals surface area contributed by atoms with Crippen LogP contribution in [-0.4, -0.2) is 33.7 Å². The van der Waals surface area contributed by atoms with Crippen molar-refractivity contribution < 1.29 is 9.53 Å². The van der Waals surface area contributed by atoms with Gasteiger partial charge < -0.3 is 10.1 Å². The number of rotatable bonds is 2. The number of nitrogens with zero attached hydrogens (tertiary/aromatic N) is 3. The Kier molecular flexibility index (Phi) is 2.71. The molecule has 1 aliphatic heterocycles. The van der Waals surface area contributed by atoms with Crippen molar-refractivity contribution in [2.75, 3.05) is 13.2 Å². The highest BCUT2D eigenvalue weighted by Crippen LogP contribution is 2.17. The highest BCUT2D eigenvalue weighted by atomic mass is 16.5. The Balaban J connectivity index is 2.12. The van der Waals surface area contributed by atoms with Crippen LogP contribution in [0.1, 0.15) is 28.5 Å². The van der Waals surface area contributed by atoms with E-state index >= 15 is 0 Å². The number of esters is 1. The standard InChI is InChI=1S/C12H14N4O2/c1-2-18-12(17)9-7-15-16-10-3-4-13-5-8(10)6-14-11(9)16/h6-7,13H,2-5H2,1H3. The van der Waals surface area contributed by atoms with Gasteiger partial charge in [-0.3, -0.25) is 0 Å². The Morgan fingerprint density at radius 3 is 3.28 bits per heavy atom. The lowest BCUT2D eigenvalue weighted by atomic mass is 10.1. The third-order valence-electron chi connectivity index (χ3n) is 3.06. The maximum atomic E-state index is 11.8. The first-order valence-corrected chi connectivity index (χ1v) is 6.03. The maximum absolute atomic E-state index is 11.8. The third kappa shape index (κ3) is 1.65. The molecule has 3 rings (SSSR count). The summed E-state index contributed by atoms with van der Waals surface area (Å²) in [4.78, 5) is 16.1. The first-order chi connectivity index (χ1) is 8.81. The predicted molar refractivity (Wildman–Crippen MR) is 64.4 cm³/mol. The second-order valence-electron chi connectivity index (χ2n) is 4.17. The van der Waals surface area contributed by atoms with Crippen LogP contribution in [-0.2, 0) is 17.7 Å². The summed E-state index contributed by atoms with van der Waals surface area (Å²) < 4.78 is 6.75. The van der Waals surface area contributed by atoms with E-state index in [-0.39, 0.29) is 5.97 Å². The summed E-state index contributed by atoms with van der Waals surface area (Å²) >= 11 is 0. The SMILES string of the molecule is CCOC(=O)c1cnn2c3c(cnc12)CNCC3. The normalized spacial score (nSPS) is 14.5. The molecule has 0 unspecified atom stereocenters. The van der Waals surface area contributed by atoms with E-state index in [9.17, 15) is 4.79 Å². The highest BCUT2D eigenvalue weighted by molar-refractivity contribution is 5.95. The first kappa shape index (κ1) is 11.2. The largest absolute Gasteiger partial charge is 0.462 e. The molecule has 0 spiro atoms. The summed E-state index contributed by atoms with van der Waals surface area (Å²) in [6.07, 6.45) is 4.22. The van der Waals surface area contributed by atoms with Crippen LogP contribution in [0.25, 0.3) is 5.65 Å². The number of carbonyl (C=O) groups is 1. The molecule has 0 amide bonds. The molecule has 0 atom stereocenters. The van der Waals surface area contributed by atoms with Gasteiger partial charge in [-0.2, -0.15) is 5.10 Å². The van der Waals surface area contributed by atoms with Gasteiger partial charge in [0.25, 0.3) is 0 Å². The minimum Gasteiger partial charge on any atom is -0.462 e. The summed E-state index contributed by atoms with van der Waals surface area (Å²) in [5, 5.41) is 7.54. The molecular weight excluding hydrogens is 232 g/mol. The zero-order chi connectivity index (χ0) is 12.5. The second-order valence-corrected chi connectivity index (χ2v) is 4.17. The van der Waals surface area contributed by atoms with Crippen molar-refractivity contribution in [3.63, 3.8) is 0 Å². The fourth-order valence-electron chi connectivity index (χ4n) is 2.21. The molecule has 6 nitrogen and oxygen atoms in total. The van der Waals surface area contributed by atoms with Crippen LogP contribution in [0.4, 0.5) is 0 Å². The van der Waals surface area contributed by atoms with Gasteiger partial charge >= 0.3 is 5.97 Å². The number of hydrogen-bond acceptors (Lipinski definition) is 5. The van der Waals surface area contributed by atoms with Crippen LogP contribution in [0.15, 0.2) is 12.4 Å². The van der Waals surface area contributed by atoms with Crippen molar-refractivity contribution in [3.8, 4) is 0 Å². The monoisotopic (exact) mass is 246 g/mol. The first-order valence-electron chi connectivity index (χ1n) is 6.03. The molecule has 94 valence electrons. The second kappa shape index (κ2) is 4.38. The van der Waals surface area contributed by atoms with Gasteiger partial charge in [-0.15, -0.1) is 0 Å². The maximum Gasteiger partial charge on any atom is 0.343 e. The lowest BCUT2D eigenvalue weighted by Crippen LogP contribution is -2.26. The average molecular weight is 246 g/mol. The molecule has 1 aliphatic rings. The van der Waals surface area contributed by atoms with Crippen molar-refractivity contribution >= 4 is 11.6 Å². The number of ether oxygens (including phenoxy) is 1. The number of aromatic nitrogens is 3. The molecular formula is C12H14N4O2. The van der Waals surface area contributed by atoms with Gasteiger partial charge in [0.2, 0.25) is 0 Å². The van der Waals surface area contributed by atoms with Crippen molar-refractivity contribution in [1.82, 2.24) is 19.9 Å². The molecule has 0 aliphatic carbocycles. The van der Waals surface area contributed by atoms with Crippen molar-refractivity contribution in [3.05, 3.63) is 29.2 Å². The Morgan fingerprint density at radius 2 is 2.44 bits per heavy atom. The van der Waals surface area contributed by atoms with Gasteiger partial charge in [0.05, 0.1) is 18.5 Å². The van der Waals surface area contributed by atoms with E-state index in [1.54, 1.807) is 17.6 Å². The minimum absolute atomic E-state index is 0.352.